The molecule has 0 aliphatic heterocycles. The minimum atomic E-state index is -3.46. The monoisotopic (exact) mass is 222 g/mol. The van der Waals surface area contributed by atoms with Crippen molar-refractivity contribution in [1.82, 2.24) is 0 Å². The van der Waals surface area contributed by atoms with E-state index in [4.69, 9.17) is 0 Å². The maximum absolute atomic E-state index is 11.5. The van der Waals surface area contributed by atoms with E-state index in [0.717, 1.165) is 25.7 Å². The minimum absolute atomic E-state index is 0.277. The Kier molecular flexibility index (Phi) is 7.06. The van der Waals surface area contributed by atoms with Gasteiger partial charge in [0.15, 0.2) is 0 Å². The van der Waals surface area contributed by atoms with Crippen molar-refractivity contribution < 1.29 is 18.4 Å². The maximum Gasteiger partial charge on any atom is 0.396 e. The molecular formula is C9H19O4P. The fourth-order valence-electron chi connectivity index (χ4n) is 1.12. The molecule has 5 heteroatoms. The second-order valence-electron chi connectivity index (χ2n) is 3.07. The van der Waals surface area contributed by atoms with Crippen molar-refractivity contribution in [3.05, 3.63) is 0 Å². The van der Waals surface area contributed by atoms with E-state index in [0.29, 0.717) is 0 Å². The van der Waals surface area contributed by atoms with E-state index in [1.807, 2.05) is 0 Å². The summed E-state index contributed by atoms with van der Waals surface area (Å²) in [7, 11) is -0.999. The number of unbranched alkanes of at least 4 members (excludes halogenated alkanes) is 3. The summed E-state index contributed by atoms with van der Waals surface area (Å²) >= 11 is 0. The molecule has 0 N–H and O–H groups in total. The summed E-state index contributed by atoms with van der Waals surface area (Å²) in [4.78, 5) is 11.4. The highest BCUT2D eigenvalue weighted by atomic mass is 31.2. The Morgan fingerprint density at radius 3 is 2.14 bits per heavy atom. The van der Waals surface area contributed by atoms with E-state index in [1.165, 1.54) is 14.2 Å². The lowest BCUT2D eigenvalue weighted by atomic mass is 10.2. The zero-order valence-electron chi connectivity index (χ0n) is 9.12. The van der Waals surface area contributed by atoms with Crippen LogP contribution in [0.5, 0.6) is 0 Å². The van der Waals surface area contributed by atoms with Crippen LogP contribution in [0.3, 0.4) is 0 Å². The first-order valence-electron chi connectivity index (χ1n) is 4.85. The van der Waals surface area contributed by atoms with Gasteiger partial charge in [0, 0.05) is 20.6 Å². The second-order valence-corrected chi connectivity index (χ2v) is 5.29. The Hall–Kier alpha value is -0.180. The average Bonchev–Trinajstić information content (AvgIpc) is 2.22. The van der Waals surface area contributed by atoms with Crippen molar-refractivity contribution in [2.45, 2.75) is 39.0 Å². The fourth-order valence-corrected chi connectivity index (χ4v) is 2.11. The van der Waals surface area contributed by atoms with Gasteiger partial charge in [0.25, 0.3) is 0 Å². The largest absolute Gasteiger partial charge is 0.396 e. The van der Waals surface area contributed by atoms with Crippen molar-refractivity contribution in [2.24, 2.45) is 0 Å². The molecule has 0 rings (SSSR count). The molecule has 0 saturated carbocycles. The molecule has 0 aliphatic rings. The standard InChI is InChI=1S/C9H19O4P/c1-4-5-6-7-8-9(10)14(11,12-2)13-3/h4-8H2,1-3H3. The van der Waals surface area contributed by atoms with Crippen LogP contribution in [-0.4, -0.2) is 19.7 Å². The van der Waals surface area contributed by atoms with Gasteiger partial charge in [0.05, 0.1) is 0 Å². The molecule has 0 atom stereocenters. The van der Waals surface area contributed by atoms with E-state index in [9.17, 15) is 9.36 Å². The van der Waals surface area contributed by atoms with Crippen LogP contribution in [0.15, 0.2) is 0 Å². The van der Waals surface area contributed by atoms with Gasteiger partial charge in [-0.3, -0.25) is 9.36 Å². The lowest BCUT2D eigenvalue weighted by molar-refractivity contribution is -0.113. The normalized spacial score (nSPS) is 11.6. The average molecular weight is 222 g/mol. The molecule has 14 heavy (non-hydrogen) atoms. The van der Waals surface area contributed by atoms with E-state index < -0.39 is 13.1 Å². The lowest BCUT2D eigenvalue weighted by Gasteiger charge is -2.11. The molecule has 0 aliphatic carbocycles. The number of rotatable bonds is 8. The Morgan fingerprint density at radius 2 is 1.71 bits per heavy atom. The van der Waals surface area contributed by atoms with Gasteiger partial charge in [-0.1, -0.05) is 26.2 Å². The van der Waals surface area contributed by atoms with Crippen LogP contribution in [0, 0.1) is 0 Å². The van der Waals surface area contributed by atoms with Crippen molar-refractivity contribution in [2.75, 3.05) is 14.2 Å². The van der Waals surface area contributed by atoms with Gasteiger partial charge in [0.1, 0.15) is 0 Å². The Balaban J connectivity index is 3.89. The molecule has 0 fully saturated rings. The van der Waals surface area contributed by atoms with Gasteiger partial charge in [-0.25, -0.2) is 0 Å². The van der Waals surface area contributed by atoms with Gasteiger partial charge in [0.2, 0.25) is 5.52 Å². The second kappa shape index (κ2) is 7.16. The summed E-state index contributed by atoms with van der Waals surface area (Å²) in [6, 6.07) is 0. The van der Waals surface area contributed by atoms with E-state index >= 15 is 0 Å². The summed E-state index contributed by atoms with van der Waals surface area (Å²) in [5, 5.41) is 0. The van der Waals surface area contributed by atoms with E-state index in [-0.39, 0.29) is 6.42 Å². The highest BCUT2D eigenvalue weighted by Gasteiger charge is 2.30. The maximum atomic E-state index is 11.5. The molecule has 0 aromatic carbocycles. The molecule has 0 bridgehead atoms. The number of carbonyl (C=O) groups excluding carboxylic acids is 1. The zero-order chi connectivity index (χ0) is 11.0. The highest BCUT2D eigenvalue weighted by Crippen LogP contribution is 2.48. The number of hydrogen-bond acceptors (Lipinski definition) is 4. The predicted molar refractivity (Wildman–Crippen MR) is 55.4 cm³/mol. The van der Waals surface area contributed by atoms with Crippen LogP contribution in [0.25, 0.3) is 0 Å². The van der Waals surface area contributed by atoms with Gasteiger partial charge >= 0.3 is 7.60 Å². The van der Waals surface area contributed by atoms with Crippen molar-refractivity contribution in [3.8, 4) is 0 Å². The Morgan fingerprint density at radius 1 is 1.14 bits per heavy atom. The number of hydrogen-bond donors (Lipinski definition) is 0. The van der Waals surface area contributed by atoms with Gasteiger partial charge in [-0.15, -0.1) is 0 Å². The van der Waals surface area contributed by atoms with Gasteiger partial charge in [-0.2, -0.15) is 0 Å². The molecule has 0 radical (unpaired) electrons. The molecule has 84 valence electrons. The third-order valence-corrected chi connectivity index (χ3v) is 3.83. The minimum Gasteiger partial charge on any atom is -0.307 e. The Labute approximate surface area is 85.5 Å². The molecule has 0 amide bonds. The third kappa shape index (κ3) is 4.36. The van der Waals surface area contributed by atoms with Crippen LogP contribution in [0.1, 0.15) is 39.0 Å². The summed E-state index contributed by atoms with van der Waals surface area (Å²) < 4.78 is 20.7. The first kappa shape index (κ1) is 13.8. The van der Waals surface area contributed by atoms with Gasteiger partial charge < -0.3 is 9.05 Å². The van der Waals surface area contributed by atoms with E-state index in [1.54, 1.807) is 0 Å². The molecule has 0 spiro atoms. The summed E-state index contributed by atoms with van der Waals surface area (Å²) in [5.41, 5.74) is -0.418. The molecule has 4 nitrogen and oxygen atoms in total. The fraction of sp³-hybridized carbons (Fsp3) is 0.889. The molecule has 0 aromatic rings. The highest BCUT2D eigenvalue weighted by molar-refractivity contribution is 7.71. The summed E-state index contributed by atoms with van der Waals surface area (Å²) in [5.74, 6) is 0. The van der Waals surface area contributed by atoms with Crippen LogP contribution >= 0.6 is 7.60 Å². The molecular weight excluding hydrogens is 203 g/mol. The molecule has 0 heterocycles. The molecule has 0 unspecified atom stereocenters. The van der Waals surface area contributed by atoms with Crippen LogP contribution in [-0.2, 0) is 18.4 Å². The van der Waals surface area contributed by atoms with Crippen LogP contribution < -0.4 is 0 Å². The predicted octanol–water partition coefficient (Wildman–Crippen LogP) is 2.97. The molecule has 0 aromatic heterocycles. The van der Waals surface area contributed by atoms with Crippen LogP contribution in [0.4, 0.5) is 0 Å². The lowest BCUT2D eigenvalue weighted by Crippen LogP contribution is -2.03. The SMILES string of the molecule is CCCCCCC(=O)P(=O)(OC)OC. The van der Waals surface area contributed by atoms with Crippen molar-refractivity contribution in [1.29, 1.82) is 0 Å². The van der Waals surface area contributed by atoms with Crippen LogP contribution in [0.2, 0.25) is 0 Å². The quantitative estimate of drug-likeness (QED) is 0.468. The summed E-state index contributed by atoms with van der Waals surface area (Å²) in [6.07, 6.45) is 4.22. The zero-order valence-corrected chi connectivity index (χ0v) is 10.0. The first-order valence-corrected chi connectivity index (χ1v) is 6.40. The van der Waals surface area contributed by atoms with Crippen molar-refractivity contribution >= 4 is 13.1 Å². The van der Waals surface area contributed by atoms with Gasteiger partial charge in [-0.05, 0) is 6.42 Å². The van der Waals surface area contributed by atoms with E-state index in [2.05, 4.69) is 16.0 Å². The van der Waals surface area contributed by atoms with Crippen molar-refractivity contribution in [3.63, 3.8) is 0 Å². The first-order chi connectivity index (χ1) is 6.60. The Bertz CT molecular complexity index is 207. The molecule has 0 saturated heterocycles. The number of carbonyl (C=O) groups is 1. The topological polar surface area (TPSA) is 52.6 Å². The third-order valence-electron chi connectivity index (χ3n) is 2.03. The summed E-state index contributed by atoms with van der Waals surface area (Å²) in [6.45, 7) is 2.09. The smallest absolute Gasteiger partial charge is 0.307 e.